The van der Waals surface area contributed by atoms with Gasteiger partial charge in [0, 0.05) is 6.42 Å². The first-order chi connectivity index (χ1) is 8.37. The molecule has 18 heavy (non-hydrogen) atoms. The molecule has 1 fully saturated rings. The Morgan fingerprint density at radius 1 is 1.44 bits per heavy atom. The van der Waals surface area contributed by atoms with Gasteiger partial charge in [-0.3, -0.25) is 4.79 Å². The number of carbonyl (C=O) groups is 1. The first-order valence-corrected chi connectivity index (χ1v) is 5.65. The fraction of sp³-hybridized carbons (Fsp3) is 0.700. The number of nitrogens with zero attached hydrogens (tertiary/aromatic N) is 4. The topological polar surface area (TPSA) is 51.0 Å². The number of rotatable bonds is 1. The molecule has 0 unspecified atom stereocenters. The number of halogens is 3. The van der Waals surface area contributed by atoms with Gasteiger partial charge >= 0.3 is 0 Å². The monoisotopic (exact) mass is 260 g/mol. The van der Waals surface area contributed by atoms with Crippen molar-refractivity contribution in [2.45, 2.75) is 31.5 Å². The Morgan fingerprint density at radius 2 is 2.11 bits per heavy atom. The van der Waals surface area contributed by atoms with Crippen molar-refractivity contribution in [1.29, 1.82) is 0 Å². The number of fused-ring (bicyclic) bond motifs is 1. The average Bonchev–Trinajstić information content (AvgIpc) is 2.77. The quantitative estimate of drug-likeness (QED) is 0.765. The predicted octanol–water partition coefficient (Wildman–Crippen LogP) is 1.34. The van der Waals surface area contributed by atoms with Crippen LogP contribution in [0.25, 0.3) is 0 Å². The molecule has 1 aromatic rings. The van der Waals surface area contributed by atoms with E-state index >= 15 is 0 Å². The molecule has 0 N–H and O–H groups in total. The summed E-state index contributed by atoms with van der Waals surface area (Å²) in [7, 11) is 0. The third-order valence-corrected chi connectivity index (χ3v) is 3.23. The van der Waals surface area contributed by atoms with Crippen LogP contribution < -0.4 is 0 Å². The van der Waals surface area contributed by atoms with Crippen molar-refractivity contribution < 1.29 is 18.0 Å². The minimum atomic E-state index is -2.83. The van der Waals surface area contributed by atoms with Gasteiger partial charge in [0.25, 0.3) is 11.8 Å². The lowest BCUT2D eigenvalue weighted by molar-refractivity contribution is -0.113. The highest BCUT2D eigenvalue weighted by Crippen LogP contribution is 2.35. The van der Waals surface area contributed by atoms with Crippen molar-refractivity contribution in [2.75, 3.05) is 13.1 Å². The van der Waals surface area contributed by atoms with Crippen LogP contribution >= 0.6 is 0 Å². The molecule has 98 valence electrons. The van der Waals surface area contributed by atoms with Crippen LogP contribution in [0.15, 0.2) is 0 Å². The van der Waals surface area contributed by atoms with E-state index in [4.69, 9.17) is 0 Å². The molecule has 8 heteroatoms. The summed E-state index contributed by atoms with van der Waals surface area (Å²) >= 11 is 0. The molecule has 0 radical (unpaired) electrons. The first kappa shape index (κ1) is 11.5. The molecule has 0 saturated carbocycles. The van der Waals surface area contributed by atoms with Crippen molar-refractivity contribution >= 4 is 5.91 Å². The minimum Gasteiger partial charge on any atom is -0.324 e. The summed E-state index contributed by atoms with van der Waals surface area (Å²) in [6, 6.07) is -0.165. The van der Waals surface area contributed by atoms with E-state index in [9.17, 15) is 18.0 Å². The lowest BCUT2D eigenvalue weighted by atomic mass is 10.1. The summed E-state index contributed by atoms with van der Waals surface area (Å²) in [6.07, 6.45) is -0.960. The van der Waals surface area contributed by atoms with Gasteiger partial charge in [-0.05, 0) is 6.92 Å². The molecular formula is C10H11F3N4O. The molecule has 1 saturated heterocycles. The second kappa shape index (κ2) is 3.46. The lowest BCUT2D eigenvalue weighted by Gasteiger charge is -2.37. The Morgan fingerprint density at radius 3 is 2.67 bits per heavy atom. The first-order valence-electron chi connectivity index (χ1n) is 5.65. The number of hydrogen-bond donors (Lipinski definition) is 0. The summed E-state index contributed by atoms with van der Waals surface area (Å²) in [5.74, 6) is -3.58. The predicted molar refractivity (Wildman–Crippen MR) is 54.0 cm³/mol. The molecule has 2 atom stereocenters. The molecule has 0 spiro atoms. The zero-order valence-corrected chi connectivity index (χ0v) is 9.61. The van der Waals surface area contributed by atoms with E-state index in [1.54, 1.807) is 6.92 Å². The zero-order chi connectivity index (χ0) is 13.1. The smallest absolute Gasteiger partial charge is 0.293 e. The average molecular weight is 260 g/mol. The molecule has 1 amide bonds. The van der Waals surface area contributed by atoms with Crippen molar-refractivity contribution in [1.82, 2.24) is 19.7 Å². The fourth-order valence-electron chi connectivity index (χ4n) is 2.27. The number of likely N-dealkylation sites (tertiary alicyclic amines) is 1. The maximum atomic E-state index is 13.5. The van der Waals surface area contributed by atoms with E-state index in [1.807, 2.05) is 0 Å². The van der Waals surface area contributed by atoms with E-state index in [0.717, 1.165) is 4.90 Å². The van der Waals surface area contributed by atoms with E-state index < -0.39 is 31.1 Å². The van der Waals surface area contributed by atoms with Gasteiger partial charge in [0.15, 0.2) is 12.0 Å². The van der Waals surface area contributed by atoms with Crippen LogP contribution in [0.2, 0.25) is 0 Å². The maximum absolute atomic E-state index is 13.5. The second-order valence-electron chi connectivity index (χ2n) is 4.81. The fourth-order valence-corrected chi connectivity index (χ4v) is 2.27. The third-order valence-electron chi connectivity index (χ3n) is 3.23. The number of alkyl halides is 3. The van der Waals surface area contributed by atoms with E-state index in [1.165, 1.54) is 4.68 Å². The lowest BCUT2D eigenvalue weighted by Crippen LogP contribution is -2.58. The van der Waals surface area contributed by atoms with Gasteiger partial charge in [0.1, 0.15) is 0 Å². The molecule has 2 aliphatic heterocycles. The SMILES string of the molecule is C[C@H]1C[C@H](F)c2nc(C(=O)N3CC(F)(F)C3)nn21. The van der Waals surface area contributed by atoms with Crippen molar-refractivity contribution in [3.05, 3.63) is 11.6 Å². The van der Waals surface area contributed by atoms with Gasteiger partial charge in [-0.2, -0.15) is 0 Å². The third kappa shape index (κ3) is 1.58. The molecule has 0 aromatic carbocycles. The summed E-state index contributed by atoms with van der Waals surface area (Å²) in [4.78, 5) is 16.5. The Hall–Kier alpha value is -1.60. The summed E-state index contributed by atoms with van der Waals surface area (Å²) in [5, 5.41) is 3.90. The minimum absolute atomic E-state index is 0.109. The summed E-state index contributed by atoms with van der Waals surface area (Å²) < 4.78 is 40.2. The summed E-state index contributed by atoms with van der Waals surface area (Å²) in [6.45, 7) is 0.526. The standard InChI is InChI=1S/C10H11F3N4O/c1-5-2-6(11)8-14-7(15-17(5)8)9(18)16-3-10(12,13)4-16/h5-6H,2-4H2,1H3/t5-,6-/m0/s1. The molecular weight excluding hydrogens is 249 g/mol. The van der Waals surface area contributed by atoms with Crippen molar-refractivity contribution in [3.8, 4) is 0 Å². The highest BCUT2D eigenvalue weighted by molar-refractivity contribution is 5.91. The molecule has 3 rings (SSSR count). The largest absolute Gasteiger partial charge is 0.324 e. The van der Waals surface area contributed by atoms with Gasteiger partial charge in [0.05, 0.1) is 19.1 Å². The van der Waals surface area contributed by atoms with Crippen LogP contribution in [-0.4, -0.2) is 44.6 Å². The molecule has 0 aliphatic carbocycles. The van der Waals surface area contributed by atoms with Crippen LogP contribution in [-0.2, 0) is 0 Å². The molecule has 5 nitrogen and oxygen atoms in total. The maximum Gasteiger partial charge on any atom is 0.293 e. The van der Waals surface area contributed by atoms with E-state index in [0.29, 0.717) is 0 Å². The Labute approximate surface area is 101 Å². The van der Waals surface area contributed by atoms with Gasteiger partial charge in [0.2, 0.25) is 5.82 Å². The zero-order valence-electron chi connectivity index (χ0n) is 9.61. The van der Waals surface area contributed by atoms with Crippen molar-refractivity contribution in [2.24, 2.45) is 0 Å². The Bertz CT molecular complexity index is 482. The van der Waals surface area contributed by atoms with Crippen LogP contribution in [0, 0.1) is 0 Å². The van der Waals surface area contributed by atoms with E-state index in [2.05, 4.69) is 10.1 Å². The van der Waals surface area contributed by atoms with Gasteiger partial charge < -0.3 is 4.90 Å². The molecule has 1 aromatic heterocycles. The van der Waals surface area contributed by atoms with Crippen LogP contribution in [0.1, 0.15) is 42.0 Å². The molecule has 0 bridgehead atoms. The Kier molecular flexibility index (Phi) is 2.21. The normalized spacial score (nSPS) is 29.0. The number of carbonyl (C=O) groups excluding carboxylic acids is 1. The van der Waals surface area contributed by atoms with E-state index in [-0.39, 0.29) is 24.1 Å². The van der Waals surface area contributed by atoms with Gasteiger partial charge in [-0.15, -0.1) is 5.10 Å². The van der Waals surface area contributed by atoms with Crippen LogP contribution in [0.3, 0.4) is 0 Å². The van der Waals surface area contributed by atoms with Crippen LogP contribution in [0.4, 0.5) is 13.2 Å². The number of hydrogen-bond acceptors (Lipinski definition) is 3. The van der Waals surface area contributed by atoms with Crippen LogP contribution in [0.5, 0.6) is 0 Å². The van der Waals surface area contributed by atoms with Gasteiger partial charge in [-0.1, -0.05) is 0 Å². The number of amides is 1. The highest BCUT2D eigenvalue weighted by Gasteiger charge is 2.47. The van der Waals surface area contributed by atoms with Gasteiger partial charge in [-0.25, -0.2) is 22.8 Å². The second-order valence-corrected chi connectivity index (χ2v) is 4.81. The Balaban J connectivity index is 1.81. The van der Waals surface area contributed by atoms with Crippen molar-refractivity contribution in [3.63, 3.8) is 0 Å². The number of aromatic nitrogens is 3. The summed E-state index contributed by atoms with van der Waals surface area (Å²) in [5.41, 5.74) is 0. The molecule has 3 heterocycles. The highest BCUT2D eigenvalue weighted by atomic mass is 19.3. The molecule has 2 aliphatic rings.